The highest BCUT2D eigenvalue weighted by Gasteiger charge is 2.23. The Labute approximate surface area is 125 Å². The van der Waals surface area contributed by atoms with Gasteiger partial charge in [-0.3, -0.25) is 0 Å². The van der Waals surface area contributed by atoms with Crippen LogP contribution in [0.25, 0.3) is 0 Å². The standard InChI is InChI=1S/C16H22N2O3/c1-12(20-11-13-8-6-5-7-9-13)14(10-17)18-15(19)21-16(2,3)4/h5-9,12,14H,11H2,1-4H3,(H,18,19)/t12-,14-/m1/s1. The Morgan fingerprint density at radius 2 is 1.95 bits per heavy atom. The lowest BCUT2D eigenvalue weighted by atomic mass is 10.2. The van der Waals surface area contributed by atoms with Crippen LogP contribution >= 0.6 is 0 Å². The second-order valence-electron chi connectivity index (χ2n) is 5.75. The van der Waals surface area contributed by atoms with Crippen molar-refractivity contribution in [3.05, 3.63) is 35.9 Å². The van der Waals surface area contributed by atoms with Crippen molar-refractivity contribution in [3.63, 3.8) is 0 Å². The molecule has 1 rings (SSSR count). The maximum Gasteiger partial charge on any atom is 0.408 e. The molecule has 2 atom stereocenters. The highest BCUT2D eigenvalue weighted by molar-refractivity contribution is 5.68. The summed E-state index contributed by atoms with van der Waals surface area (Å²) >= 11 is 0. The Hall–Kier alpha value is -2.06. The van der Waals surface area contributed by atoms with Gasteiger partial charge in [-0.1, -0.05) is 30.3 Å². The summed E-state index contributed by atoms with van der Waals surface area (Å²) in [4.78, 5) is 11.7. The maximum absolute atomic E-state index is 11.7. The summed E-state index contributed by atoms with van der Waals surface area (Å²) in [5, 5.41) is 11.7. The Balaban J connectivity index is 2.48. The van der Waals surface area contributed by atoms with Crippen molar-refractivity contribution in [2.24, 2.45) is 0 Å². The van der Waals surface area contributed by atoms with Crippen molar-refractivity contribution in [1.82, 2.24) is 5.32 Å². The molecule has 0 saturated carbocycles. The van der Waals surface area contributed by atoms with Gasteiger partial charge in [-0.2, -0.15) is 5.26 Å². The van der Waals surface area contributed by atoms with Gasteiger partial charge in [-0.25, -0.2) is 4.79 Å². The van der Waals surface area contributed by atoms with Crippen LogP contribution in [0, 0.1) is 11.3 Å². The minimum Gasteiger partial charge on any atom is -0.444 e. The van der Waals surface area contributed by atoms with Gasteiger partial charge in [0.2, 0.25) is 0 Å². The molecule has 0 aliphatic heterocycles. The van der Waals surface area contributed by atoms with Crippen molar-refractivity contribution in [1.29, 1.82) is 5.26 Å². The summed E-state index contributed by atoms with van der Waals surface area (Å²) in [7, 11) is 0. The fourth-order valence-corrected chi connectivity index (χ4v) is 1.59. The fourth-order valence-electron chi connectivity index (χ4n) is 1.59. The molecule has 0 bridgehead atoms. The number of rotatable bonds is 5. The molecule has 0 aliphatic rings. The highest BCUT2D eigenvalue weighted by Crippen LogP contribution is 2.09. The van der Waals surface area contributed by atoms with E-state index in [-0.39, 0.29) is 0 Å². The number of carbonyl (C=O) groups excluding carboxylic acids is 1. The van der Waals surface area contributed by atoms with Crippen LogP contribution in [0.4, 0.5) is 4.79 Å². The molecule has 1 aromatic rings. The Kier molecular flexibility index (Phi) is 6.19. The molecule has 5 heteroatoms. The largest absolute Gasteiger partial charge is 0.444 e. The quantitative estimate of drug-likeness (QED) is 0.904. The summed E-state index contributed by atoms with van der Waals surface area (Å²) in [6.07, 6.45) is -1.06. The normalized spacial score (nSPS) is 13.9. The molecule has 0 fully saturated rings. The molecule has 0 spiro atoms. The van der Waals surface area contributed by atoms with Gasteiger partial charge < -0.3 is 14.8 Å². The summed E-state index contributed by atoms with van der Waals surface area (Å²) in [6, 6.07) is 10.9. The van der Waals surface area contributed by atoms with E-state index in [9.17, 15) is 4.79 Å². The lowest BCUT2D eigenvalue weighted by Gasteiger charge is -2.23. The van der Waals surface area contributed by atoms with E-state index in [2.05, 4.69) is 5.32 Å². The van der Waals surface area contributed by atoms with Gasteiger partial charge in [0.05, 0.1) is 18.8 Å². The number of carbonyl (C=O) groups is 1. The minimum absolute atomic E-state index is 0.385. The average molecular weight is 290 g/mol. The predicted octanol–water partition coefficient (Wildman–Crippen LogP) is 3.01. The summed E-state index contributed by atoms with van der Waals surface area (Å²) in [6.45, 7) is 7.43. The number of amides is 1. The number of ether oxygens (including phenoxy) is 2. The van der Waals surface area contributed by atoms with Gasteiger partial charge in [-0.05, 0) is 33.3 Å². The van der Waals surface area contributed by atoms with Gasteiger partial charge in [0, 0.05) is 0 Å². The predicted molar refractivity (Wildman–Crippen MR) is 79.5 cm³/mol. The molecule has 0 aliphatic carbocycles. The SMILES string of the molecule is C[C@@H](OCc1ccccc1)[C@@H](C#N)NC(=O)OC(C)(C)C. The van der Waals surface area contributed by atoms with Crippen LogP contribution in [0.3, 0.4) is 0 Å². The Morgan fingerprint density at radius 3 is 2.48 bits per heavy atom. The number of benzene rings is 1. The van der Waals surface area contributed by atoms with E-state index in [1.54, 1.807) is 27.7 Å². The van der Waals surface area contributed by atoms with Crippen molar-refractivity contribution >= 4 is 6.09 Å². The number of nitriles is 1. The smallest absolute Gasteiger partial charge is 0.408 e. The highest BCUT2D eigenvalue weighted by atomic mass is 16.6. The molecule has 21 heavy (non-hydrogen) atoms. The van der Waals surface area contributed by atoms with Crippen LogP contribution in [-0.2, 0) is 16.1 Å². The van der Waals surface area contributed by atoms with E-state index in [0.717, 1.165) is 5.56 Å². The van der Waals surface area contributed by atoms with Crippen molar-refractivity contribution in [3.8, 4) is 6.07 Å². The van der Waals surface area contributed by atoms with Gasteiger partial charge in [-0.15, -0.1) is 0 Å². The second kappa shape index (κ2) is 7.65. The first-order chi connectivity index (χ1) is 9.81. The number of hydrogen-bond acceptors (Lipinski definition) is 4. The zero-order valence-electron chi connectivity index (χ0n) is 12.9. The van der Waals surface area contributed by atoms with E-state index in [1.165, 1.54) is 0 Å². The van der Waals surface area contributed by atoms with E-state index in [1.807, 2.05) is 36.4 Å². The molecule has 0 heterocycles. The van der Waals surface area contributed by atoms with E-state index in [4.69, 9.17) is 14.7 Å². The molecule has 1 N–H and O–H groups in total. The van der Waals surface area contributed by atoms with E-state index in [0.29, 0.717) is 6.61 Å². The number of nitrogens with one attached hydrogen (secondary N) is 1. The average Bonchev–Trinajstić information content (AvgIpc) is 2.41. The topological polar surface area (TPSA) is 71.3 Å². The molecule has 0 aromatic heterocycles. The Morgan fingerprint density at radius 1 is 1.33 bits per heavy atom. The zero-order valence-corrected chi connectivity index (χ0v) is 12.9. The lowest BCUT2D eigenvalue weighted by molar-refractivity contribution is 0.0245. The van der Waals surface area contributed by atoms with Gasteiger partial charge in [0.25, 0.3) is 0 Å². The van der Waals surface area contributed by atoms with Crippen LogP contribution in [0.1, 0.15) is 33.3 Å². The van der Waals surface area contributed by atoms with Gasteiger partial charge in [0.15, 0.2) is 0 Å². The van der Waals surface area contributed by atoms with Crippen LogP contribution in [-0.4, -0.2) is 23.8 Å². The zero-order chi connectivity index (χ0) is 15.9. The number of nitrogens with zero attached hydrogens (tertiary/aromatic N) is 1. The number of alkyl carbamates (subject to hydrolysis) is 1. The first-order valence-corrected chi connectivity index (χ1v) is 6.86. The molecule has 114 valence electrons. The third-order valence-electron chi connectivity index (χ3n) is 2.64. The second-order valence-corrected chi connectivity index (χ2v) is 5.75. The van der Waals surface area contributed by atoms with Crippen molar-refractivity contribution in [2.75, 3.05) is 0 Å². The van der Waals surface area contributed by atoms with Crippen LogP contribution in [0.2, 0.25) is 0 Å². The van der Waals surface area contributed by atoms with Crippen LogP contribution < -0.4 is 5.32 Å². The third-order valence-corrected chi connectivity index (χ3v) is 2.64. The van der Waals surface area contributed by atoms with Gasteiger partial charge in [0.1, 0.15) is 11.6 Å². The number of hydrogen-bond donors (Lipinski definition) is 1. The van der Waals surface area contributed by atoms with Crippen molar-refractivity contribution in [2.45, 2.75) is 52.0 Å². The first kappa shape index (κ1) is 17.0. The van der Waals surface area contributed by atoms with Crippen LogP contribution in [0.5, 0.6) is 0 Å². The van der Waals surface area contributed by atoms with E-state index >= 15 is 0 Å². The fraction of sp³-hybridized carbons (Fsp3) is 0.500. The summed E-state index contributed by atoms with van der Waals surface area (Å²) in [5.41, 5.74) is 0.413. The first-order valence-electron chi connectivity index (χ1n) is 6.86. The molecule has 1 amide bonds. The minimum atomic E-state index is -0.761. The third kappa shape index (κ3) is 6.77. The molecule has 1 aromatic carbocycles. The monoisotopic (exact) mass is 290 g/mol. The van der Waals surface area contributed by atoms with E-state index < -0.39 is 23.8 Å². The summed E-state index contributed by atoms with van der Waals surface area (Å²) < 4.78 is 10.7. The molecular formula is C16H22N2O3. The maximum atomic E-state index is 11.7. The molecule has 5 nitrogen and oxygen atoms in total. The molecule has 0 saturated heterocycles. The van der Waals surface area contributed by atoms with Crippen molar-refractivity contribution < 1.29 is 14.3 Å². The van der Waals surface area contributed by atoms with Gasteiger partial charge >= 0.3 is 6.09 Å². The Bertz CT molecular complexity index is 488. The lowest BCUT2D eigenvalue weighted by Crippen LogP contribution is -2.44. The molecular weight excluding hydrogens is 268 g/mol. The molecule has 0 radical (unpaired) electrons. The summed E-state index contributed by atoms with van der Waals surface area (Å²) in [5.74, 6) is 0. The van der Waals surface area contributed by atoms with Crippen LogP contribution in [0.15, 0.2) is 30.3 Å². The molecule has 0 unspecified atom stereocenters.